The number of benzene rings is 2. The first-order chi connectivity index (χ1) is 17.1. The molecule has 0 aliphatic carbocycles. The second-order valence-corrected chi connectivity index (χ2v) is 8.57. The first kappa shape index (κ1) is 24.6. The maximum Gasteiger partial charge on any atom is 0.238 e. The van der Waals surface area contributed by atoms with Crippen LogP contribution in [0.25, 0.3) is 0 Å². The van der Waals surface area contributed by atoms with E-state index in [1.165, 1.54) is 0 Å². The van der Waals surface area contributed by atoms with Gasteiger partial charge in [0.15, 0.2) is 0 Å². The van der Waals surface area contributed by atoms with Gasteiger partial charge in [-0.3, -0.25) is 19.5 Å². The number of nitrogens with one attached hydrogen (secondary N) is 2. The van der Waals surface area contributed by atoms with Crippen molar-refractivity contribution in [2.24, 2.45) is 0 Å². The average Bonchev–Trinajstić information content (AvgIpc) is 2.93. The van der Waals surface area contributed by atoms with Gasteiger partial charge in [-0.05, 0) is 36.1 Å². The van der Waals surface area contributed by atoms with Gasteiger partial charge >= 0.3 is 0 Å². The molecule has 2 atom stereocenters. The van der Waals surface area contributed by atoms with Crippen LogP contribution in [-0.4, -0.2) is 27.0 Å². The summed E-state index contributed by atoms with van der Waals surface area (Å²) >= 11 is 4.23. The second kappa shape index (κ2) is 11.8. The quantitative estimate of drug-likeness (QED) is 0.256. The Balaban J connectivity index is 1.70. The lowest BCUT2D eigenvalue weighted by Crippen LogP contribution is -2.50. The highest BCUT2D eigenvalue weighted by Crippen LogP contribution is 2.40. The van der Waals surface area contributed by atoms with E-state index in [2.05, 4.69) is 32.8 Å². The van der Waals surface area contributed by atoms with E-state index in [9.17, 15) is 9.90 Å². The Morgan fingerprint density at radius 2 is 1.43 bits per heavy atom. The zero-order chi connectivity index (χ0) is 24.5. The van der Waals surface area contributed by atoms with Gasteiger partial charge in [-0.1, -0.05) is 85.6 Å². The van der Waals surface area contributed by atoms with E-state index in [1.807, 2.05) is 60.7 Å². The Bertz CT molecular complexity index is 1160. The van der Waals surface area contributed by atoms with Crippen molar-refractivity contribution in [2.45, 2.75) is 30.5 Å². The van der Waals surface area contributed by atoms with E-state index in [4.69, 9.17) is 0 Å². The van der Waals surface area contributed by atoms with Crippen LogP contribution in [0.2, 0.25) is 0 Å². The first-order valence-corrected chi connectivity index (χ1v) is 11.9. The van der Waals surface area contributed by atoms with Gasteiger partial charge in [0.25, 0.3) is 0 Å². The fourth-order valence-corrected chi connectivity index (χ4v) is 4.45. The maximum atomic E-state index is 13.5. The molecule has 0 radical (unpaired) electrons. The van der Waals surface area contributed by atoms with Crippen molar-refractivity contribution < 1.29 is 9.90 Å². The molecule has 0 unspecified atom stereocenters. The molecule has 0 saturated carbocycles. The molecule has 4 rings (SSSR count). The summed E-state index contributed by atoms with van der Waals surface area (Å²) < 4.78 is 2.84. The first-order valence-electron chi connectivity index (χ1n) is 11.4. The van der Waals surface area contributed by atoms with Crippen LogP contribution in [0, 0.1) is 0 Å². The summed E-state index contributed by atoms with van der Waals surface area (Å²) in [5.74, 6) is -0.268. The lowest BCUT2D eigenvalue weighted by molar-refractivity contribution is -0.125. The minimum atomic E-state index is -1.62. The molecular weight excluding hydrogens is 456 g/mol. The average molecular weight is 485 g/mol. The molecule has 3 N–H and O–H groups in total. The minimum absolute atomic E-state index is 0.268. The Labute approximate surface area is 211 Å². The maximum absolute atomic E-state index is 13.5. The van der Waals surface area contributed by atoms with Gasteiger partial charge in [0.05, 0.1) is 12.1 Å². The Morgan fingerprint density at radius 3 is 1.94 bits per heavy atom. The molecule has 2 aromatic carbocycles. The van der Waals surface area contributed by atoms with Crippen molar-refractivity contribution in [3.8, 4) is 0 Å². The topological polar surface area (TPSA) is 87.1 Å². The van der Waals surface area contributed by atoms with Gasteiger partial charge in [0.2, 0.25) is 5.91 Å². The molecule has 178 valence electrons. The van der Waals surface area contributed by atoms with Crippen LogP contribution in [0.3, 0.4) is 0 Å². The van der Waals surface area contributed by atoms with E-state index in [1.54, 1.807) is 49.1 Å². The highest BCUT2D eigenvalue weighted by Gasteiger charge is 2.43. The molecule has 0 fully saturated rings. The third-order valence-electron chi connectivity index (χ3n) is 6.08. The number of rotatable bonds is 10. The fraction of sp³-hybridized carbons (Fsp3) is 0.179. The van der Waals surface area contributed by atoms with Gasteiger partial charge in [0, 0.05) is 35.9 Å². The third kappa shape index (κ3) is 5.77. The summed E-state index contributed by atoms with van der Waals surface area (Å²) in [4.78, 5) is 22.0. The van der Waals surface area contributed by atoms with Gasteiger partial charge in [0.1, 0.15) is 5.60 Å². The van der Waals surface area contributed by atoms with Crippen molar-refractivity contribution in [3.63, 3.8) is 0 Å². The lowest BCUT2D eigenvalue weighted by Gasteiger charge is -2.38. The Hall–Kier alpha value is -3.52. The predicted octanol–water partition coefficient (Wildman–Crippen LogP) is 4.01. The summed E-state index contributed by atoms with van der Waals surface area (Å²) in [5, 5.41) is 15.4. The monoisotopic (exact) mass is 484 g/mol. The van der Waals surface area contributed by atoms with Crippen LogP contribution < -0.4 is 10.0 Å². The molecule has 2 aromatic heterocycles. The number of aromatic nitrogens is 2. The highest BCUT2D eigenvalue weighted by atomic mass is 32.1. The molecule has 6 nitrogen and oxygen atoms in total. The van der Waals surface area contributed by atoms with Crippen LogP contribution in [-0.2, 0) is 16.8 Å². The summed E-state index contributed by atoms with van der Waals surface area (Å²) in [7, 11) is 0. The number of carbonyl (C=O) groups is 1. The smallest absolute Gasteiger partial charge is 0.238 e. The Kier molecular flexibility index (Phi) is 8.26. The van der Waals surface area contributed by atoms with Crippen LogP contribution in [0.1, 0.15) is 34.7 Å². The van der Waals surface area contributed by atoms with Crippen molar-refractivity contribution in [3.05, 3.63) is 132 Å². The molecule has 7 heteroatoms. The van der Waals surface area contributed by atoms with Crippen LogP contribution >= 0.6 is 12.8 Å². The van der Waals surface area contributed by atoms with Crippen molar-refractivity contribution in [2.75, 3.05) is 0 Å². The standard InChI is InChI=1S/C28H28N4O2S/c33-27(25(32-35)16-15-21-9-3-1-4-10-21)31-26(22-11-5-2-6-12-22)28(34,23-13-7-17-29-19-23)24-14-8-18-30-20-24/h1-14,17-20,25-26,32,34-35H,15-16H2,(H,31,33)/t25-,26+/m0/s1. The molecule has 1 amide bonds. The number of thiol groups is 1. The molecule has 2 heterocycles. The zero-order valence-electron chi connectivity index (χ0n) is 19.2. The molecule has 0 aliphatic rings. The highest BCUT2D eigenvalue weighted by molar-refractivity contribution is 7.78. The van der Waals surface area contributed by atoms with Crippen LogP contribution in [0.15, 0.2) is 110 Å². The second-order valence-electron chi connectivity index (χ2n) is 8.31. The number of amides is 1. The molecule has 0 spiro atoms. The van der Waals surface area contributed by atoms with Gasteiger partial charge < -0.3 is 10.4 Å². The number of carbonyl (C=O) groups excluding carboxylic acids is 1. The summed E-state index contributed by atoms with van der Waals surface area (Å²) in [6, 6.07) is 25.1. The van der Waals surface area contributed by atoms with Gasteiger partial charge in [-0.15, -0.1) is 0 Å². The number of hydrogen-bond donors (Lipinski definition) is 4. The molecule has 0 bridgehead atoms. The number of nitrogens with zero attached hydrogens (tertiary/aromatic N) is 2. The van der Waals surface area contributed by atoms with Gasteiger partial charge in [-0.2, -0.15) is 0 Å². The van der Waals surface area contributed by atoms with E-state index in [0.29, 0.717) is 24.0 Å². The largest absolute Gasteiger partial charge is 0.378 e. The van der Waals surface area contributed by atoms with Crippen LogP contribution in [0.5, 0.6) is 0 Å². The summed E-state index contributed by atoms with van der Waals surface area (Å²) in [6.07, 6.45) is 7.76. The summed E-state index contributed by atoms with van der Waals surface area (Å²) in [6.45, 7) is 0. The number of pyridine rings is 2. The number of aryl methyl sites for hydroxylation is 1. The van der Waals surface area contributed by atoms with Crippen LogP contribution in [0.4, 0.5) is 0 Å². The van der Waals surface area contributed by atoms with Crippen molar-refractivity contribution >= 4 is 18.7 Å². The fourth-order valence-electron chi connectivity index (χ4n) is 4.20. The van der Waals surface area contributed by atoms with E-state index < -0.39 is 17.7 Å². The number of aliphatic hydroxyl groups is 1. The third-order valence-corrected chi connectivity index (χ3v) is 6.39. The SMILES string of the molecule is O=C(N[C@H](c1ccccc1)C(O)(c1cccnc1)c1cccnc1)[C@H](CCc1ccccc1)NS. The summed E-state index contributed by atoms with van der Waals surface area (Å²) in [5.41, 5.74) is 1.34. The van der Waals surface area contributed by atoms with E-state index in [-0.39, 0.29) is 5.91 Å². The zero-order valence-corrected chi connectivity index (χ0v) is 20.1. The van der Waals surface area contributed by atoms with E-state index >= 15 is 0 Å². The van der Waals surface area contributed by atoms with Crippen molar-refractivity contribution in [1.29, 1.82) is 0 Å². The molecule has 35 heavy (non-hydrogen) atoms. The molecule has 0 saturated heterocycles. The predicted molar refractivity (Wildman–Crippen MR) is 139 cm³/mol. The molecular formula is C28H28N4O2S. The molecule has 4 aromatic rings. The normalized spacial score (nSPS) is 13.1. The molecule has 0 aliphatic heterocycles. The Morgan fingerprint density at radius 1 is 0.857 bits per heavy atom. The van der Waals surface area contributed by atoms with Gasteiger partial charge in [-0.25, -0.2) is 0 Å². The lowest BCUT2D eigenvalue weighted by atomic mass is 9.78. The van der Waals surface area contributed by atoms with Crippen molar-refractivity contribution in [1.82, 2.24) is 20.0 Å². The van der Waals surface area contributed by atoms with E-state index in [0.717, 1.165) is 11.1 Å². The minimum Gasteiger partial charge on any atom is -0.378 e. The number of hydrogen-bond acceptors (Lipinski definition) is 6.